The van der Waals surface area contributed by atoms with E-state index < -0.39 is 12.6 Å². The molecule has 0 fully saturated rings. The van der Waals surface area contributed by atoms with Crippen molar-refractivity contribution in [3.63, 3.8) is 0 Å². The normalized spacial score (nSPS) is 12.5. The first-order chi connectivity index (χ1) is 16.5. The fraction of sp³-hybridized carbons (Fsp3) is 0.250. The summed E-state index contributed by atoms with van der Waals surface area (Å²) < 4.78 is 18.3. The zero-order valence-corrected chi connectivity index (χ0v) is 19.5. The number of carbonyl (C=O) groups is 2. The van der Waals surface area contributed by atoms with Crippen LogP contribution >= 0.6 is 11.3 Å². The Morgan fingerprint density at radius 3 is 2.79 bits per heavy atom. The van der Waals surface area contributed by atoms with Crippen molar-refractivity contribution in [3.8, 4) is 11.5 Å². The predicted molar refractivity (Wildman–Crippen MR) is 126 cm³/mol. The molecule has 1 aromatic carbocycles. The summed E-state index contributed by atoms with van der Waals surface area (Å²) in [6, 6.07) is 10.9. The molecular formula is C24H22N4O5S. The summed E-state index contributed by atoms with van der Waals surface area (Å²) in [6.45, 7) is 2.71. The Balaban J connectivity index is 1.34. The quantitative estimate of drug-likeness (QED) is 0.392. The van der Waals surface area contributed by atoms with E-state index in [0.717, 1.165) is 16.0 Å². The average molecular weight is 479 g/mol. The van der Waals surface area contributed by atoms with Crippen molar-refractivity contribution in [1.29, 1.82) is 0 Å². The molecule has 0 aliphatic carbocycles. The number of carbonyl (C=O) groups excluding carboxylic acids is 2. The molecule has 1 aliphatic rings. The molecule has 0 saturated carbocycles. The van der Waals surface area contributed by atoms with Crippen molar-refractivity contribution >= 4 is 39.9 Å². The molecule has 174 valence electrons. The lowest BCUT2D eigenvalue weighted by Crippen LogP contribution is -2.34. The molecule has 3 aromatic heterocycles. The third kappa shape index (κ3) is 4.32. The molecule has 4 heterocycles. The first-order valence-electron chi connectivity index (χ1n) is 10.7. The van der Waals surface area contributed by atoms with Crippen molar-refractivity contribution in [2.75, 3.05) is 24.7 Å². The monoisotopic (exact) mass is 478 g/mol. The number of ether oxygens (including phenoxy) is 3. The number of benzene rings is 1. The Bertz CT molecular complexity index is 1370. The van der Waals surface area contributed by atoms with Gasteiger partial charge in [-0.15, -0.1) is 11.3 Å². The number of hydrogen-bond acceptors (Lipinski definition) is 8. The average Bonchev–Trinajstić information content (AvgIpc) is 3.47. The van der Waals surface area contributed by atoms with Crippen LogP contribution in [0.15, 0.2) is 48.0 Å². The van der Waals surface area contributed by atoms with E-state index in [1.54, 1.807) is 52.2 Å². The van der Waals surface area contributed by atoms with Gasteiger partial charge in [-0.3, -0.25) is 9.48 Å². The smallest absolute Gasteiger partial charge is 0.340 e. The van der Waals surface area contributed by atoms with E-state index in [1.807, 2.05) is 24.4 Å². The summed E-state index contributed by atoms with van der Waals surface area (Å²) in [5, 5.41) is 7.02. The molecule has 1 amide bonds. The van der Waals surface area contributed by atoms with Crippen LogP contribution in [0.1, 0.15) is 20.9 Å². The maximum atomic E-state index is 13.2. The SMILES string of the molecule is Cc1nn(C)c2ncc(C(=O)OCC(=O)N(Cc3cccs3)c3ccc4c(c3)OCCO4)cc12. The molecule has 0 bridgehead atoms. The molecule has 4 aromatic rings. The lowest BCUT2D eigenvalue weighted by atomic mass is 10.2. The second kappa shape index (κ2) is 9.14. The first kappa shape index (κ1) is 21.9. The summed E-state index contributed by atoms with van der Waals surface area (Å²) in [7, 11) is 1.79. The highest BCUT2D eigenvalue weighted by atomic mass is 32.1. The Morgan fingerprint density at radius 1 is 1.18 bits per heavy atom. The van der Waals surface area contributed by atoms with Crippen LogP contribution in [-0.2, 0) is 23.1 Å². The maximum absolute atomic E-state index is 13.2. The highest BCUT2D eigenvalue weighted by Crippen LogP contribution is 2.34. The van der Waals surface area contributed by atoms with Crippen LogP contribution < -0.4 is 14.4 Å². The largest absolute Gasteiger partial charge is 0.486 e. The van der Waals surface area contributed by atoms with E-state index >= 15 is 0 Å². The number of esters is 1. The summed E-state index contributed by atoms with van der Waals surface area (Å²) in [4.78, 5) is 32.8. The van der Waals surface area contributed by atoms with Gasteiger partial charge in [-0.2, -0.15) is 5.10 Å². The molecule has 34 heavy (non-hydrogen) atoms. The van der Waals surface area contributed by atoms with E-state index in [4.69, 9.17) is 14.2 Å². The number of nitrogens with zero attached hydrogens (tertiary/aromatic N) is 4. The minimum atomic E-state index is -0.621. The lowest BCUT2D eigenvalue weighted by Gasteiger charge is -2.25. The number of aryl methyl sites for hydroxylation is 2. The van der Waals surface area contributed by atoms with E-state index in [2.05, 4.69) is 10.1 Å². The van der Waals surface area contributed by atoms with Crippen LogP contribution in [-0.4, -0.2) is 46.5 Å². The van der Waals surface area contributed by atoms with Gasteiger partial charge in [0.15, 0.2) is 23.8 Å². The summed E-state index contributed by atoms with van der Waals surface area (Å²) >= 11 is 1.54. The van der Waals surface area contributed by atoms with Gasteiger partial charge in [0, 0.05) is 35.3 Å². The standard InChI is InChI=1S/C24H22N4O5S/c1-15-19-10-16(12-25-23(19)27(2)26-15)24(30)33-14-22(29)28(13-18-4-3-9-34-18)17-5-6-20-21(11-17)32-8-7-31-20/h3-6,9-12H,7-8,13-14H2,1-2H3. The van der Waals surface area contributed by atoms with Crippen LogP contribution in [0, 0.1) is 6.92 Å². The van der Waals surface area contributed by atoms with Crippen LogP contribution in [0.5, 0.6) is 11.5 Å². The predicted octanol–water partition coefficient (Wildman–Crippen LogP) is 3.50. The fourth-order valence-electron chi connectivity index (χ4n) is 3.79. The number of amides is 1. The highest BCUT2D eigenvalue weighted by Gasteiger charge is 2.22. The molecule has 10 heteroatoms. The number of rotatable bonds is 6. The minimum Gasteiger partial charge on any atom is -0.486 e. The summed E-state index contributed by atoms with van der Waals surface area (Å²) in [6.07, 6.45) is 1.43. The maximum Gasteiger partial charge on any atom is 0.340 e. The van der Waals surface area contributed by atoms with E-state index in [1.165, 1.54) is 6.20 Å². The molecule has 0 radical (unpaired) electrons. The van der Waals surface area contributed by atoms with Crippen molar-refractivity contribution in [2.45, 2.75) is 13.5 Å². The molecule has 0 saturated heterocycles. The topological polar surface area (TPSA) is 95.8 Å². The van der Waals surface area contributed by atoms with Crippen LogP contribution in [0.2, 0.25) is 0 Å². The number of fused-ring (bicyclic) bond motifs is 2. The summed E-state index contributed by atoms with van der Waals surface area (Å²) in [5.41, 5.74) is 2.33. The van der Waals surface area contributed by atoms with Crippen LogP contribution in [0.3, 0.4) is 0 Å². The molecule has 0 N–H and O–H groups in total. The molecule has 1 aliphatic heterocycles. The van der Waals surface area contributed by atoms with E-state index in [0.29, 0.717) is 42.6 Å². The fourth-order valence-corrected chi connectivity index (χ4v) is 4.48. The molecule has 0 spiro atoms. The Labute approximate surface area is 199 Å². The van der Waals surface area contributed by atoms with Gasteiger partial charge in [0.05, 0.1) is 17.8 Å². The van der Waals surface area contributed by atoms with Gasteiger partial charge in [-0.05, 0) is 36.6 Å². The Hall–Kier alpha value is -3.92. The van der Waals surface area contributed by atoms with Gasteiger partial charge in [0.25, 0.3) is 5.91 Å². The van der Waals surface area contributed by atoms with Crippen molar-refractivity contribution < 1.29 is 23.8 Å². The number of anilines is 1. The van der Waals surface area contributed by atoms with Gasteiger partial charge in [-0.1, -0.05) is 6.07 Å². The van der Waals surface area contributed by atoms with Crippen molar-refractivity contribution in [1.82, 2.24) is 14.8 Å². The van der Waals surface area contributed by atoms with Crippen LogP contribution in [0.25, 0.3) is 11.0 Å². The number of aromatic nitrogens is 3. The Morgan fingerprint density at radius 2 is 2.00 bits per heavy atom. The number of pyridine rings is 1. The highest BCUT2D eigenvalue weighted by molar-refractivity contribution is 7.09. The summed E-state index contributed by atoms with van der Waals surface area (Å²) in [5.74, 6) is 0.240. The number of hydrogen-bond donors (Lipinski definition) is 0. The Kier molecular flexibility index (Phi) is 5.89. The van der Waals surface area contributed by atoms with Gasteiger partial charge in [0.2, 0.25) is 0 Å². The third-order valence-corrected chi connectivity index (χ3v) is 6.32. The van der Waals surface area contributed by atoms with Gasteiger partial charge in [0.1, 0.15) is 13.2 Å². The molecule has 5 rings (SSSR count). The van der Waals surface area contributed by atoms with Gasteiger partial charge in [-0.25, -0.2) is 9.78 Å². The van der Waals surface area contributed by atoms with E-state index in [9.17, 15) is 9.59 Å². The second-order valence-electron chi connectivity index (χ2n) is 7.77. The third-order valence-electron chi connectivity index (χ3n) is 5.46. The molecule has 9 nitrogen and oxygen atoms in total. The molecule has 0 unspecified atom stereocenters. The van der Waals surface area contributed by atoms with Gasteiger partial charge >= 0.3 is 5.97 Å². The van der Waals surface area contributed by atoms with Crippen LogP contribution in [0.4, 0.5) is 5.69 Å². The molecular weight excluding hydrogens is 456 g/mol. The van der Waals surface area contributed by atoms with Crippen molar-refractivity contribution in [3.05, 3.63) is 64.1 Å². The minimum absolute atomic E-state index is 0.264. The lowest BCUT2D eigenvalue weighted by molar-refractivity contribution is -0.121. The van der Waals surface area contributed by atoms with Crippen molar-refractivity contribution in [2.24, 2.45) is 7.05 Å². The zero-order valence-electron chi connectivity index (χ0n) is 18.7. The second-order valence-corrected chi connectivity index (χ2v) is 8.80. The molecule has 0 atom stereocenters. The van der Waals surface area contributed by atoms with Gasteiger partial charge < -0.3 is 19.1 Å². The van der Waals surface area contributed by atoms with E-state index in [-0.39, 0.29) is 11.5 Å². The first-order valence-corrected chi connectivity index (χ1v) is 11.6. The number of thiophene rings is 1. The zero-order chi connectivity index (χ0) is 23.7.